The molecule has 0 aromatic heterocycles. The number of carbonyl (C=O) groups excluding carboxylic acids is 1. The molecule has 17 heavy (non-hydrogen) atoms. The Morgan fingerprint density at radius 2 is 1.88 bits per heavy atom. The van der Waals surface area contributed by atoms with Crippen LogP contribution in [0.3, 0.4) is 0 Å². The zero-order chi connectivity index (χ0) is 12.7. The van der Waals surface area contributed by atoms with Gasteiger partial charge in [-0.25, -0.2) is 0 Å². The molecule has 1 fully saturated rings. The van der Waals surface area contributed by atoms with Crippen LogP contribution in [0, 0.1) is 0 Å². The highest BCUT2D eigenvalue weighted by atomic mass is 16.3. The van der Waals surface area contributed by atoms with E-state index in [1.807, 2.05) is 4.90 Å². The van der Waals surface area contributed by atoms with Gasteiger partial charge in [-0.3, -0.25) is 9.69 Å². The van der Waals surface area contributed by atoms with E-state index in [0.717, 1.165) is 45.4 Å². The molecule has 0 radical (unpaired) electrons. The molecule has 4 heteroatoms. The van der Waals surface area contributed by atoms with Crippen molar-refractivity contribution in [1.82, 2.24) is 9.80 Å². The van der Waals surface area contributed by atoms with Crippen molar-refractivity contribution >= 4 is 5.91 Å². The van der Waals surface area contributed by atoms with Gasteiger partial charge in [0, 0.05) is 38.6 Å². The van der Waals surface area contributed by atoms with Gasteiger partial charge in [0.2, 0.25) is 5.91 Å². The van der Waals surface area contributed by atoms with Gasteiger partial charge in [0.25, 0.3) is 0 Å². The van der Waals surface area contributed by atoms with E-state index in [-0.39, 0.29) is 12.6 Å². The average molecular weight is 242 g/mol. The van der Waals surface area contributed by atoms with E-state index in [1.165, 1.54) is 0 Å². The number of unbranched alkanes of at least 4 members (excludes halogenated alkanes) is 1. The summed E-state index contributed by atoms with van der Waals surface area (Å²) in [5, 5.41) is 9.25. The Kier molecular flexibility index (Phi) is 6.52. The van der Waals surface area contributed by atoms with Crippen molar-refractivity contribution < 1.29 is 9.90 Å². The fourth-order valence-electron chi connectivity index (χ4n) is 2.33. The molecule has 1 aliphatic heterocycles. The van der Waals surface area contributed by atoms with Gasteiger partial charge in [-0.05, 0) is 12.8 Å². The summed E-state index contributed by atoms with van der Waals surface area (Å²) >= 11 is 0. The topological polar surface area (TPSA) is 43.8 Å². The van der Waals surface area contributed by atoms with Crippen molar-refractivity contribution in [3.05, 3.63) is 0 Å². The Bertz CT molecular complexity index is 221. The minimum atomic E-state index is 0.223. The van der Waals surface area contributed by atoms with Crippen LogP contribution in [-0.2, 0) is 4.79 Å². The fraction of sp³-hybridized carbons (Fsp3) is 0.923. The number of piperazine rings is 1. The molecule has 0 aliphatic carbocycles. The molecule has 1 rings (SSSR count). The molecular formula is C13H26N2O2. The maximum absolute atomic E-state index is 11.8. The lowest BCUT2D eigenvalue weighted by atomic mass is 10.1. The van der Waals surface area contributed by atoms with Crippen LogP contribution in [0.25, 0.3) is 0 Å². The van der Waals surface area contributed by atoms with E-state index < -0.39 is 0 Å². The molecule has 1 saturated heterocycles. The highest BCUT2D eigenvalue weighted by molar-refractivity contribution is 5.76. The Morgan fingerprint density at radius 3 is 2.35 bits per heavy atom. The predicted octanol–water partition coefficient (Wildman–Crippen LogP) is 1.09. The molecule has 1 N–H and O–H groups in total. The standard InChI is InChI=1S/C13H26N2O2/c1-3-5-6-13(17)15-9-7-14(8-10-15)12(4-2)11-16/h12,16H,3-11H2,1-2H3. The van der Waals surface area contributed by atoms with Crippen LogP contribution >= 0.6 is 0 Å². The second kappa shape index (κ2) is 7.67. The summed E-state index contributed by atoms with van der Waals surface area (Å²) in [7, 11) is 0. The second-order valence-electron chi connectivity index (χ2n) is 4.76. The van der Waals surface area contributed by atoms with Crippen LogP contribution in [0.4, 0.5) is 0 Å². The minimum absolute atomic E-state index is 0.223. The van der Waals surface area contributed by atoms with Crippen LogP contribution in [0.1, 0.15) is 39.5 Å². The molecule has 1 heterocycles. The smallest absolute Gasteiger partial charge is 0.222 e. The number of aliphatic hydroxyl groups is 1. The number of amides is 1. The quantitative estimate of drug-likeness (QED) is 0.758. The first-order valence-corrected chi connectivity index (χ1v) is 6.85. The van der Waals surface area contributed by atoms with E-state index in [2.05, 4.69) is 18.7 Å². The van der Waals surface area contributed by atoms with Crippen LogP contribution < -0.4 is 0 Å². The zero-order valence-electron chi connectivity index (χ0n) is 11.2. The third-order valence-corrected chi connectivity index (χ3v) is 3.61. The van der Waals surface area contributed by atoms with Gasteiger partial charge in [0.1, 0.15) is 0 Å². The summed E-state index contributed by atoms with van der Waals surface area (Å²) in [5.74, 6) is 0.295. The Balaban J connectivity index is 2.32. The first-order chi connectivity index (χ1) is 8.22. The highest BCUT2D eigenvalue weighted by Crippen LogP contribution is 2.10. The zero-order valence-corrected chi connectivity index (χ0v) is 11.2. The van der Waals surface area contributed by atoms with E-state index in [4.69, 9.17) is 0 Å². The number of hydrogen-bond acceptors (Lipinski definition) is 3. The number of carbonyl (C=O) groups is 1. The first-order valence-electron chi connectivity index (χ1n) is 6.85. The summed E-state index contributed by atoms with van der Waals surface area (Å²) < 4.78 is 0. The Morgan fingerprint density at radius 1 is 1.24 bits per heavy atom. The number of hydrogen-bond donors (Lipinski definition) is 1. The van der Waals surface area contributed by atoms with Crippen molar-refractivity contribution in [1.29, 1.82) is 0 Å². The van der Waals surface area contributed by atoms with Crippen LogP contribution in [0.2, 0.25) is 0 Å². The molecule has 1 aliphatic rings. The number of aliphatic hydroxyl groups excluding tert-OH is 1. The van der Waals surface area contributed by atoms with Gasteiger partial charge in [-0.2, -0.15) is 0 Å². The van der Waals surface area contributed by atoms with Gasteiger partial charge in [-0.15, -0.1) is 0 Å². The van der Waals surface area contributed by atoms with Gasteiger partial charge in [0.05, 0.1) is 6.61 Å². The molecule has 0 bridgehead atoms. The molecule has 1 unspecified atom stereocenters. The largest absolute Gasteiger partial charge is 0.395 e. The summed E-state index contributed by atoms with van der Waals surface area (Å²) in [5.41, 5.74) is 0. The van der Waals surface area contributed by atoms with Gasteiger partial charge in [0.15, 0.2) is 0 Å². The van der Waals surface area contributed by atoms with E-state index in [9.17, 15) is 9.90 Å². The Labute approximate surface area is 105 Å². The number of nitrogens with zero attached hydrogens (tertiary/aromatic N) is 2. The SMILES string of the molecule is CCCCC(=O)N1CCN(C(CC)CO)CC1. The summed E-state index contributed by atoms with van der Waals surface area (Å²) in [6.07, 6.45) is 3.73. The third kappa shape index (κ3) is 4.28. The molecule has 0 aromatic rings. The second-order valence-corrected chi connectivity index (χ2v) is 4.76. The molecule has 4 nitrogen and oxygen atoms in total. The van der Waals surface area contributed by atoms with Crippen molar-refractivity contribution in [2.75, 3.05) is 32.8 Å². The molecular weight excluding hydrogens is 216 g/mol. The van der Waals surface area contributed by atoms with E-state index in [1.54, 1.807) is 0 Å². The lowest BCUT2D eigenvalue weighted by molar-refractivity contribution is -0.133. The molecule has 0 spiro atoms. The Hall–Kier alpha value is -0.610. The maximum Gasteiger partial charge on any atom is 0.222 e. The van der Waals surface area contributed by atoms with Crippen molar-refractivity contribution in [2.24, 2.45) is 0 Å². The van der Waals surface area contributed by atoms with E-state index >= 15 is 0 Å². The lowest BCUT2D eigenvalue weighted by Crippen LogP contribution is -2.52. The number of rotatable bonds is 6. The summed E-state index contributed by atoms with van der Waals surface area (Å²) in [6, 6.07) is 0.267. The van der Waals surface area contributed by atoms with E-state index in [0.29, 0.717) is 12.3 Å². The highest BCUT2D eigenvalue weighted by Gasteiger charge is 2.24. The third-order valence-electron chi connectivity index (χ3n) is 3.61. The van der Waals surface area contributed by atoms with Crippen molar-refractivity contribution in [3.8, 4) is 0 Å². The van der Waals surface area contributed by atoms with Crippen LogP contribution in [0.5, 0.6) is 0 Å². The maximum atomic E-state index is 11.8. The average Bonchev–Trinajstić information content (AvgIpc) is 2.38. The van der Waals surface area contributed by atoms with Gasteiger partial charge >= 0.3 is 0 Å². The molecule has 0 saturated carbocycles. The fourth-order valence-corrected chi connectivity index (χ4v) is 2.33. The molecule has 0 aromatic carbocycles. The monoisotopic (exact) mass is 242 g/mol. The predicted molar refractivity (Wildman–Crippen MR) is 68.8 cm³/mol. The molecule has 100 valence electrons. The normalized spacial score (nSPS) is 19.4. The first kappa shape index (κ1) is 14.5. The van der Waals surface area contributed by atoms with Crippen LogP contribution in [-0.4, -0.2) is 59.6 Å². The minimum Gasteiger partial charge on any atom is -0.395 e. The molecule has 1 amide bonds. The van der Waals surface area contributed by atoms with Gasteiger partial charge in [-0.1, -0.05) is 20.3 Å². The van der Waals surface area contributed by atoms with Crippen LogP contribution in [0.15, 0.2) is 0 Å². The van der Waals surface area contributed by atoms with Crippen molar-refractivity contribution in [3.63, 3.8) is 0 Å². The van der Waals surface area contributed by atoms with Gasteiger partial charge < -0.3 is 10.0 Å². The molecule has 1 atom stereocenters. The summed E-state index contributed by atoms with van der Waals surface area (Å²) in [4.78, 5) is 16.1. The summed E-state index contributed by atoms with van der Waals surface area (Å²) in [6.45, 7) is 7.87. The van der Waals surface area contributed by atoms with Crippen molar-refractivity contribution in [2.45, 2.75) is 45.6 Å². The lowest BCUT2D eigenvalue weighted by Gasteiger charge is -2.38.